The number of imide groups is 1. The molecule has 0 unspecified atom stereocenters. The highest BCUT2D eigenvalue weighted by Gasteiger charge is 2.56. The molecule has 0 aromatic heterocycles. The van der Waals surface area contributed by atoms with Gasteiger partial charge in [0.1, 0.15) is 0 Å². The summed E-state index contributed by atoms with van der Waals surface area (Å²) >= 11 is 0. The molecule has 2 aliphatic heterocycles. The van der Waals surface area contributed by atoms with Crippen LogP contribution in [-0.4, -0.2) is 22.6 Å². The van der Waals surface area contributed by atoms with Gasteiger partial charge < -0.3 is 4.90 Å². The van der Waals surface area contributed by atoms with E-state index in [1.165, 1.54) is 4.90 Å². The summed E-state index contributed by atoms with van der Waals surface area (Å²) in [6.07, 6.45) is 4.55. The number of hydrogen-bond donors (Lipinski definition) is 0. The van der Waals surface area contributed by atoms with Crippen molar-refractivity contribution >= 4 is 23.4 Å². The lowest BCUT2D eigenvalue weighted by Crippen LogP contribution is -2.44. The van der Waals surface area contributed by atoms with Crippen molar-refractivity contribution in [3.05, 3.63) is 77.5 Å². The zero-order valence-corrected chi connectivity index (χ0v) is 19.9. The fourth-order valence-electron chi connectivity index (χ4n) is 6.19. The van der Waals surface area contributed by atoms with E-state index in [0.29, 0.717) is 24.9 Å². The van der Waals surface area contributed by atoms with Crippen LogP contribution in [0.15, 0.2) is 71.9 Å². The van der Waals surface area contributed by atoms with E-state index < -0.39 is 5.92 Å². The van der Waals surface area contributed by atoms with E-state index in [9.17, 15) is 14.4 Å². The van der Waals surface area contributed by atoms with Crippen LogP contribution in [0.3, 0.4) is 0 Å². The third kappa shape index (κ3) is 3.67. The van der Waals surface area contributed by atoms with Gasteiger partial charge in [-0.15, -0.1) is 0 Å². The summed E-state index contributed by atoms with van der Waals surface area (Å²) in [6, 6.07) is 19.2. The van der Waals surface area contributed by atoms with Crippen molar-refractivity contribution in [2.45, 2.75) is 58.4 Å². The largest absolute Gasteiger partial charge is 0.309 e. The molecule has 0 saturated carbocycles. The Morgan fingerprint density at radius 1 is 0.912 bits per heavy atom. The maximum Gasteiger partial charge on any atom is 0.241 e. The van der Waals surface area contributed by atoms with Crippen LogP contribution >= 0.6 is 0 Å². The molecular weight excluding hydrogens is 424 g/mol. The molecule has 0 bridgehead atoms. The van der Waals surface area contributed by atoms with Crippen LogP contribution in [0.4, 0.5) is 5.69 Å². The smallest absolute Gasteiger partial charge is 0.241 e. The predicted octanol–water partition coefficient (Wildman–Crippen LogP) is 5.64. The molecule has 1 fully saturated rings. The van der Waals surface area contributed by atoms with Gasteiger partial charge in [-0.2, -0.15) is 0 Å². The Kier molecular flexibility index (Phi) is 6.11. The van der Waals surface area contributed by atoms with Gasteiger partial charge in [0, 0.05) is 12.1 Å². The molecule has 2 heterocycles. The number of amides is 3. The fraction of sp³-hybridized carbons (Fsp3) is 0.414. The fourth-order valence-corrected chi connectivity index (χ4v) is 6.19. The van der Waals surface area contributed by atoms with Crippen molar-refractivity contribution in [3.63, 3.8) is 0 Å². The SMILES string of the molecule is CCCC[C@H]1CC2=C(CCC(=O)N2[C@H](C)c2ccccc2)[C@H]2C(=O)N(c3ccccc3)C(=O)[C@@H]12. The van der Waals surface area contributed by atoms with Gasteiger partial charge in [-0.3, -0.25) is 14.4 Å². The number of anilines is 1. The third-order valence-corrected chi connectivity index (χ3v) is 7.84. The molecule has 0 N–H and O–H groups in total. The Bertz CT molecular complexity index is 1120. The monoisotopic (exact) mass is 456 g/mol. The average molecular weight is 457 g/mol. The van der Waals surface area contributed by atoms with Crippen LogP contribution in [-0.2, 0) is 14.4 Å². The minimum atomic E-state index is -0.461. The Morgan fingerprint density at radius 2 is 1.59 bits per heavy atom. The molecule has 5 heteroatoms. The number of allylic oxidation sites excluding steroid dienone is 1. The maximum absolute atomic E-state index is 13.8. The number of carbonyl (C=O) groups is 3. The molecule has 5 nitrogen and oxygen atoms in total. The van der Waals surface area contributed by atoms with Crippen LogP contribution in [0.5, 0.6) is 0 Å². The molecule has 34 heavy (non-hydrogen) atoms. The lowest BCUT2D eigenvalue weighted by Gasteiger charge is -2.44. The second kappa shape index (κ2) is 9.21. The predicted molar refractivity (Wildman–Crippen MR) is 132 cm³/mol. The van der Waals surface area contributed by atoms with Crippen molar-refractivity contribution in [1.82, 2.24) is 4.90 Å². The lowest BCUT2D eigenvalue weighted by atomic mass is 9.67. The molecule has 1 aliphatic carbocycles. The molecule has 5 rings (SSSR count). The summed E-state index contributed by atoms with van der Waals surface area (Å²) in [5.41, 5.74) is 3.73. The standard InChI is InChI=1S/C29H32N2O3/c1-3-4-11-21-18-24-23(16-17-25(32)30(24)19(2)20-12-7-5-8-13-20)27-26(21)28(33)31(29(27)34)22-14-9-6-10-15-22/h5-10,12-15,19,21,26-27H,3-4,11,16-18H2,1-2H3/t19-,21+,26+,27-/m1/s1. The minimum absolute atomic E-state index is 0.0604. The molecular formula is C29H32N2O3. The summed E-state index contributed by atoms with van der Waals surface area (Å²) in [6.45, 7) is 4.21. The van der Waals surface area contributed by atoms with Crippen LogP contribution in [0.25, 0.3) is 0 Å². The lowest BCUT2D eigenvalue weighted by molar-refractivity contribution is -0.133. The van der Waals surface area contributed by atoms with E-state index >= 15 is 0 Å². The van der Waals surface area contributed by atoms with Crippen molar-refractivity contribution < 1.29 is 14.4 Å². The van der Waals surface area contributed by atoms with E-state index in [-0.39, 0.29) is 35.6 Å². The first-order valence-corrected chi connectivity index (χ1v) is 12.5. The van der Waals surface area contributed by atoms with Gasteiger partial charge in [0.2, 0.25) is 17.7 Å². The summed E-state index contributed by atoms with van der Waals surface area (Å²) in [5.74, 6) is -0.827. The molecule has 4 atom stereocenters. The van der Waals surface area contributed by atoms with Gasteiger partial charge in [0.15, 0.2) is 0 Å². The third-order valence-electron chi connectivity index (χ3n) is 7.84. The second-order valence-electron chi connectivity index (χ2n) is 9.78. The number of fused-ring (bicyclic) bond motifs is 2. The van der Waals surface area contributed by atoms with Gasteiger partial charge in [0.05, 0.1) is 23.6 Å². The van der Waals surface area contributed by atoms with E-state index in [1.54, 1.807) is 0 Å². The minimum Gasteiger partial charge on any atom is -0.309 e. The number of carbonyl (C=O) groups excluding carboxylic acids is 3. The first kappa shape index (κ1) is 22.6. The Hall–Kier alpha value is -3.21. The van der Waals surface area contributed by atoms with Gasteiger partial charge >= 0.3 is 0 Å². The summed E-state index contributed by atoms with van der Waals surface area (Å²) < 4.78 is 0. The highest BCUT2D eigenvalue weighted by molar-refractivity contribution is 6.23. The number of unbranched alkanes of at least 4 members (excludes halogenated alkanes) is 1. The molecule has 3 amide bonds. The van der Waals surface area contributed by atoms with Gasteiger partial charge in [-0.05, 0) is 55.4 Å². The summed E-state index contributed by atoms with van der Waals surface area (Å²) in [4.78, 5) is 44.1. The molecule has 2 aromatic rings. The normalized spacial score (nSPS) is 25.5. The van der Waals surface area contributed by atoms with E-state index in [4.69, 9.17) is 0 Å². The van der Waals surface area contributed by atoms with Crippen molar-refractivity contribution in [3.8, 4) is 0 Å². The van der Waals surface area contributed by atoms with E-state index in [0.717, 1.165) is 36.1 Å². The first-order valence-electron chi connectivity index (χ1n) is 12.5. The summed E-state index contributed by atoms with van der Waals surface area (Å²) in [5, 5.41) is 0. The van der Waals surface area contributed by atoms with Crippen molar-refractivity contribution in [2.75, 3.05) is 4.90 Å². The average Bonchev–Trinajstić information content (AvgIpc) is 3.13. The quantitative estimate of drug-likeness (QED) is 0.529. The molecule has 3 aliphatic rings. The van der Waals surface area contributed by atoms with Crippen LogP contribution in [0, 0.1) is 17.8 Å². The molecule has 2 aromatic carbocycles. The highest BCUT2D eigenvalue weighted by atomic mass is 16.2. The molecule has 0 radical (unpaired) electrons. The van der Waals surface area contributed by atoms with Crippen molar-refractivity contribution in [2.24, 2.45) is 17.8 Å². The topological polar surface area (TPSA) is 57.7 Å². The van der Waals surface area contributed by atoms with E-state index in [2.05, 4.69) is 13.8 Å². The Morgan fingerprint density at radius 3 is 2.26 bits per heavy atom. The first-order chi connectivity index (χ1) is 16.5. The Labute approximate surface area is 201 Å². The molecule has 176 valence electrons. The van der Waals surface area contributed by atoms with Gasteiger partial charge in [-0.1, -0.05) is 68.3 Å². The molecule has 0 spiro atoms. The summed E-state index contributed by atoms with van der Waals surface area (Å²) in [7, 11) is 0. The van der Waals surface area contributed by atoms with Gasteiger partial charge in [-0.25, -0.2) is 4.90 Å². The molecule has 1 saturated heterocycles. The highest BCUT2D eigenvalue weighted by Crippen LogP contribution is 2.52. The Balaban J connectivity index is 1.59. The number of nitrogens with zero attached hydrogens (tertiary/aromatic N) is 2. The van der Waals surface area contributed by atoms with Crippen molar-refractivity contribution in [1.29, 1.82) is 0 Å². The van der Waals surface area contributed by atoms with Gasteiger partial charge in [0.25, 0.3) is 0 Å². The zero-order valence-electron chi connectivity index (χ0n) is 19.9. The zero-order chi connectivity index (χ0) is 23.8. The number of para-hydroxylation sites is 1. The van der Waals surface area contributed by atoms with Crippen LogP contribution < -0.4 is 4.90 Å². The number of rotatable bonds is 6. The van der Waals surface area contributed by atoms with E-state index in [1.807, 2.05) is 65.6 Å². The second-order valence-corrected chi connectivity index (χ2v) is 9.78. The number of hydrogen-bond acceptors (Lipinski definition) is 3. The van der Waals surface area contributed by atoms with Crippen LogP contribution in [0.2, 0.25) is 0 Å². The number of benzene rings is 2. The van der Waals surface area contributed by atoms with Crippen LogP contribution in [0.1, 0.15) is 64.0 Å². The maximum atomic E-state index is 13.8.